The Kier molecular flexibility index (Phi) is 10.1. The number of hydrogen-bond acceptors (Lipinski definition) is 5. The summed E-state index contributed by atoms with van der Waals surface area (Å²) in [6, 6.07) is 3.89. The molecule has 1 atom stereocenters. The van der Waals surface area contributed by atoms with Crippen molar-refractivity contribution >= 4 is 30.1 Å². The third-order valence-corrected chi connectivity index (χ3v) is 4.32. The number of carbonyl (C=O) groups is 1. The predicted molar refractivity (Wildman–Crippen MR) is 98.1 cm³/mol. The second kappa shape index (κ2) is 10.6. The first kappa shape index (κ1) is 21.9. The monoisotopic (exact) mass is 362 g/mol. The van der Waals surface area contributed by atoms with Crippen LogP contribution in [0.15, 0.2) is 17.0 Å². The molecule has 23 heavy (non-hydrogen) atoms. The van der Waals surface area contributed by atoms with E-state index in [1.165, 1.54) is 0 Å². The lowest BCUT2D eigenvalue weighted by molar-refractivity contribution is -0.134. The summed E-state index contributed by atoms with van der Waals surface area (Å²) in [5.74, 6) is 1.46. The molecule has 0 bridgehead atoms. The molecule has 0 spiro atoms. The Hall–Kier alpha value is -1.11. The third-order valence-electron chi connectivity index (χ3n) is 3.50. The number of hydrogen-bond donors (Lipinski definition) is 1. The van der Waals surface area contributed by atoms with Crippen LogP contribution in [0.2, 0.25) is 0 Å². The number of amides is 1. The van der Waals surface area contributed by atoms with E-state index >= 15 is 0 Å². The Labute approximate surface area is 149 Å². The summed E-state index contributed by atoms with van der Waals surface area (Å²) in [4.78, 5) is 15.2. The normalized spacial score (nSPS) is 11.4. The van der Waals surface area contributed by atoms with Crippen LogP contribution >= 0.6 is 24.2 Å². The molecular formula is C16H27ClN2O3S. The molecule has 1 aromatic carbocycles. The summed E-state index contributed by atoms with van der Waals surface area (Å²) in [7, 11) is 6.92. The average molecular weight is 363 g/mol. The van der Waals surface area contributed by atoms with Crippen LogP contribution in [-0.4, -0.2) is 51.9 Å². The number of nitrogens with one attached hydrogen (secondary N) is 1. The Morgan fingerprint density at radius 2 is 1.87 bits per heavy atom. The van der Waals surface area contributed by atoms with E-state index < -0.39 is 0 Å². The zero-order chi connectivity index (χ0) is 16.7. The number of ether oxygens (including phenoxy) is 2. The largest absolute Gasteiger partial charge is 0.493 e. The van der Waals surface area contributed by atoms with Gasteiger partial charge in [0.25, 0.3) is 0 Å². The smallest absolute Gasteiger partial charge is 0.226 e. The summed E-state index contributed by atoms with van der Waals surface area (Å²) in [5, 5.41) is 3.03. The highest BCUT2D eigenvalue weighted by Crippen LogP contribution is 2.35. The zero-order valence-electron chi connectivity index (χ0n) is 14.6. The van der Waals surface area contributed by atoms with Gasteiger partial charge in [-0.2, -0.15) is 0 Å². The summed E-state index contributed by atoms with van der Waals surface area (Å²) in [6.45, 7) is 3.15. The zero-order valence-corrected chi connectivity index (χ0v) is 16.3. The lowest BCUT2D eigenvalue weighted by Gasteiger charge is -2.23. The number of rotatable bonds is 8. The van der Waals surface area contributed by atoms with Crippen molar-refractivity contribution in [1.29, 1.82) is 0 Å². The van der Waals surface area contributed by atoms with Crippen molar-refractivity contribution in [1.82, 2.24) is 10.2 Å². The number of nitrogens with zero attached hydrogens (tertiary/aromatic N) is 1. The molecule has 1 rings (SSSR count). The molecule has 1 unspecified atom stereocenters. The Morgan fingerprint density at radius 3 is 2.35 bits per heavy atom. The van der Waals surface area contributed by atoms with Crippen molar-refractivity contribution < 1.29 is 14.3 Å². The summed E-state index contributed by atoms with van der Waals surface area (Å²) in [5.41, 5.74) is 1.05. The van der Waals surface area contributed by atoms with Crippen LogP contribution in [0.4, 0.5) is 0 Å². The Bertz CT molecular complexity index is 514. The fraction of sp³-hybridized carbons (Fsp3) is 0.562. The van der Waals surface area contributed by atoms with Gasteiger partial charge in [-0.15, -0.1) is 24.2 Å². The van der Waals surface area contributed by atoms with E-state index in [4.69, 9.17) is 9.47 Å². The van der Waals surface area contributed by atoms with Gasteiger partial charge in [0.15, 0.2) is 11.5 Å². The third kappa shape index (κ3) is 5.79. The second-order valence-electron chi connectivity index (χ2n) is 5.17. The number of methoxy groups -OCH3 is 2. The molecule has 0 aromatic heterocycles. The second-order valence-corrected chi connectivity index (χ2v) is 6.02. The average Bonchev–Trinajstić information content (AvgIpc) is 2.53. The van der Waals surface area contributed by atoms with Crippen LogP contribution in [0, 0.1) is 5.92 Å². The van der Waals surface area contributed by atoms with Crippen LogP contribution in [-0.2, 0) is 11.3 Å². The first-order chi connectivity index (χ1) is 10.5. The molecule has 1 N–H and O–H groups in total. The highest BCUT2D eigenvalue weighted by Gasteiger charge is 2.19. The van der Waals surface area contributed by atoms with Gasteiger partial charge < -0.3 is 19.7 Å². The standard InChI is InChI=1S/C16H26N2O3S.ClH/c1-11(9-17-2)16(19)18(3)10-12-7-13(20-4)14(21-5)8-15(12)22-6;/h7-8,11,17H,9-10H2,1-6H3;1H. The van der Waals surface area contributed by atoms with E-state index in [2.05, 4.69) is 5.32 Å². The van der Waals surface area contributed by atoms with Gasteiger partial charge in [-0.3, -0.25) is 4.79 Å². The minimum Gasteiger partial charge on any atom is -0.493 e. The molecule has 1 aromatic rings. The van der Waals surface area contributed by atoms with Gasteiger partial charge in [-0.1, -0.05) is 6.92 Å². The van der Waals surface area contributed by atoms with E-state index in [0.717, 1.165) is 10.5 Å². The van der Waals surface area contributed by atoms with Crippen LogP contribution in [0.3, 0.4) is 0 Å². The first-order valence-corrected chi connectivity index (χ1v) is 8.39. The molecule has 0 aliphatic carbocycles. The van der Waals surface area contributed by atoms with E-state index in [-0.39, 0.29) is 24.2 Å². The van der Waals surface area contributed by atoms with E-state index in [1.54, 1.807) is 30.9 Å². The lowest BCUT2D eigenvalue weighted by Crippen LogP contribution is -2.35. The quantitative estimate of drug-likeness (QED) is 0.720. The fourth-order valence-electron chi connectivity index (χ4n) is 2.32. The van der Waals surface area contributed by atoms with Gasteiger partial charge >= 0.3 is 0 Å². The minimum atomic E-state index is -0.0483. The Morgan fingerprint density at radius 1 is 1.30 bits per heavy atom. The highest BCUT2D eigenvalue weighted by atomic mass is 35.5. The summed E-state index contributed by atoms with van der Waals surface area (Å²) < 4.78 is 10.7. The van der Waals surface area contributed by atoms with Gasteiger partial charge in [0.1, 0.15) is 0 Å². The molecular weight excluding hydrogens is 336 g/mol. The van der Waals surface area contributed by atoms with E-state index in [9.17, 15) is 4.79 Å². The first-order valence-electron chi connectivity index (χ1n) is 7.16. The maximum absolute atomic E-state index is 12.3. The molecule has 0 aliphatic heterocycles. The number of halogens is 1. The molecule has 0 saturated heterocycles. The van der Waals surface area contributed by atoms with Crippen molar-refractivity contribution in [2.75, 3.05) is 41.1 Å². The highest BCUT2D eigenvalue weighted by molar-refractivity contribution is 7.98. The molecule has 1 amide bonds. The van der Waals surface area contributed by atoms with Crippen molar-refractivity contribution in [3.63, 3.8) is 0 Å². The van der Waals surface area contributed by atoms with Crippen molar-refractivity contribution in [2.24, 2.45) is 5.92 Å². The van der Waals surface area contributed by atoms with Crippen LogP contribution in [0.25, 0.3) is 0 Å². The maximum atomic E-state index is 12.3. The van der Waals surface area contributed by atoms with Crippen molar-refractivity contribution in [3.8, 4) is 11.5 Å². The van der Waals surface area contributed by atoms with Crippen LogP contribution in [0.1, 0.15) is 12.5 Å². The van der Waals surface area contributed by atoms with Gasteiger partial charge in [-0.05, 0) is 31.0 Å². The minimum absolute atomic E-state index is 0. The summed E-state index contributed by atoms with van der Waals surface area (Å²) >= 11 is 1.63. The molecule has 0 aliphatic rings. The van der Waals surface area contributed by atoms with Crippen molar-refractivity contribution in [3.05, 3.63) is 17.7 Å². The molecule has 0 fully saturated rings. The molecule has 0 heterocycles. The lowest BCUT2D eigenvalue weighted by atomic mass is 10.1. The van der Waals surface area contributed by atoms with E-state index in [0.29, 0.717) is 24.6 Å². The van der Waals surface area contributed by atoms with Gasteiger partial charge in [0.2, 0.25) is 5.91 Å². The van der Waals surface area contributed by atoms with E-state index in [1.807, 2.05) is 39.4 Å². The molecule has 5 nitrogen and oxygen atoms in total. The van der Waals surface area contributed by atoms with Crippen LogP contribution < -0.4 is 14.8 Å². The summed E-state index contributed by atoms with van der Waals surface area (Å²) in [6.07, 6.45) is 2.01. The fourth-order valence-corrected chi connectivity index (χ4v) is 2.93. The Balaban J connectivity index is 0.00000484. The van der Waals surface area contributed by atoms with Crippen LogP contribution in [0.5, 0.6) is 11.5 Å². The van der Waals surface area contributed by atoms with Gasteiger partial charge in [-0.25, -0.2) is 0 Å². The predicted octanol–water partition coefficient (Wildman–Crippen LogP) is 2.66. The van der Waals surface area contributed by atoms with Gasteiger partial charge in [0.05, 0.1) is 14.2 Å². The maximum Gasteiger partial charge on any atom is 0.226 e. The van der Waals surface area contributed by atoms with Crippen molar-refractivity contribution in [2.45, 2.75) is 18.4 Å². The molecule has 132 valence electrons. The SMILES string of the molecule is CNCC(C)C(=O)N(C)Cc1cc(OC)c(OC)cc1SC.Cl. The molecule has 0 radical (unpaired) electrons. The molecule has 0 saturated carbocycles. The number of carbonyl (C=O) groups excluding carboxylic acids is 1. The number of thioether (sulfide) groups is 1. The number of benzene rings is 1. The molecule has 7 heteroatoms. The topological polar surface area (TPSA) is 50.8 Å². The van der Waals surface area contributed by atoms with Gasteiger partial charge in [0, 0.05) is 31.0 Å².